The largest absolute Gasteiger partial charge is 0.416 e. The Hall–Kier alpha value is -1.72. The molecule has 2 aliphatic rings. The molecule has 2 bridgehead atoms. The fraction of sp³-hybridized carbons (Fsp3) is 0.588. The quantitative estimate of drug-likeness (QED) is 0.834. The molecule has 2 aliphatic carbocycles. The van der Waals surface area contributed by atoms with Gasteiger partial charge in [-0.2, -0.15) is 13.2 Å². The molecule has 2 fully saturated rings. The Bertz CT molecular complexity index is 587. The number of anilines is 1. The SMILES string of the molecule is C[C@H](NC(=O)Nc1cccc(C(F)(F)F)c1)[C@H]1C[C@H]2CC[C@H]1C2. The molecule has 3 rings (SSSR count). The summed E-state index contributed by atoms with van der Waals surface area (Å²) in [6, 6.07) is 4.27. The van der Waals surface area contributed by atoms with Crippen molar-refractivity contribution in [2.45, 2.75) is 44.8 Å². The summed E-state index contributed by atoms with van der Waals surface area (Å²) < 4.78 is 38.0. The predicted molar refractivity (Wildman–Crippen MR) is 82.0 cm³/mol. The second kappa shape index (κ2) is 6.06. The van der Waals surface area contributed by atoms with Gasteiger partial charge in [-0.3, -0.25) is 0 Å². The van der Waals surface area contributed by atoms with E-state index in [1.807, 2.05) is 6.92 Å². The van der Waals surface area contributed by atoms with Crippen molar-refractivity contribution >= 4 is 11.7 Å². The van der Waals surface area contributed by atoms with Gasteiger partial charge in [-0.15, -0.1) is 0 Å². The van der Waals surface area contributed by atoms with Crippen LogP contribution in [-0.4, -0.2) is 12.1 Å². The zero-order valence-electron chi connectivity index (χ0n) is 13.0. The van der Waals surface area contributed by atoms with E-state index in [9.17, 15) is 18.0 Å². The molecule has 0 spiro atoms. The Kier molecular flexibility index (Phi) is 4.25. The molecule has 1 aromatic rings. The summed E-state index contributed by atoms with van der Waals surface area (Å²) >= 11 is 0. The van der Waals surface area contributed by atoms with Crippen molar-refractivity contribution in [3.8, 4) is 0 Å². The molecule has 2 saturated carbocycles. The number of hydrogen-bond acceptors (Lipinski definition) is 1. The molecule has 6 heteroatoms. The number of carbonyl (C=O) groups is 1. The average Bonchev–Trinajstić information content (AvgIpc) is 3.09. The van der Waals surface area contributed by atoms with E-state index in [0.29, 0.717) is 11.8 Å². The predicted octanol–water partition coefficient (Wildman–Crippen LogP) is 4.65. The smallest absolute Gasteiger partial charge is 0.335 e. The molecule has 0 aliphatic heterocycles. The van der Waals surface area contributed by atoms with E-state index in [1.165, 1.54) is 31.4 Å². The van der Waals surface area contributed by atoms with Gasteiger partial charge in [0.2, 0.25) is 0 Å². The summed E-state index contributed by atoms with van der Waals surface area (Å²) in [6.45, 7) is 1.98. The lowest BCUT2D eigenvalue weighted by atomic mass is 9.84. The molecular formula is C17H21F3N2O. The van der Waals surface area contributed by atoms with Crippen molar-refractivity contribution in [2.75, 3.05) is 5.32 Å². The van der Waals surface area contributed by atoms with Crippen molar-refractivity contribution in [3.63, 3.8) is 0 Å². The van der Waals surface area contributed by atoms with Gasteiger partial charge >= 0.3 is 12.2 Å². The zero-order valence-corrected chi connectivity index (χ0v) is 13.0. The first kappa shape index (κ1) is 16.1. The third-order valence-corrected chi connectivity index (χ3v) is 5.24. The molecule has 3 nitrogen and oxygen atoms in total. The van der Waals surface area contributed by atoms with Gasteiger partial charge in [0.15, 0.2) is 0 Å². The van der Waals surface area contributed by atoms with E-state index < -0.39 is 17.8 Å². The Balaban J connectivity index is 1.57. The van der Waals surface area contributed by atoms with E-state index in [4.69, 9.17) is 0 Å². The first-order chi connectivity index (χ1) is 10.8. The second-order valence-corrected chi connectivity index (χ2v) is 6.80. The summed E-state index contributed by atoms with van der Waals surface area (Å²) in [4.78, 5) is 12.0. The number of alkyl halides is 3. The fourth-order valence-electron chi connectivity index (χ4n) is 4.16. The molecule has 1 aromatic carbocycles. The van der Waals surface area contributed by atoms with Crippen LogP contribution in [0.5, 0.6) is 0 Å². The van der Waals surface area contributed by atoms with Gasteiger partial charge in [0, 0.05) is 11.7 Å². The van der Waals surface area contributed by atoms with Gasteiger partial charge in [0.05, 0.1) is 5.56 Å². The van der Waals surface area contributed by atoms with Crippen LogP contribution in [0, 0.1) is 17.8 Å². The van der Waals surface area contributed by atoms with Crippen molar-refractivity contribution in [2.24, 2.45) is 17.8 Å². The highest BCUT2D eigenvalue weighted by Gasteiger charge is 2.42. The first-order valence-electron chi connectivity index (χ1n) is 8.07. The third-order valence-electron chi connectivity index (χ3n) is 5.24. The van der Waals surface area contributed by atoms with E-state index in [0.717, 1.165) is 24.5 Å². The van der Waals surface area contributed by atoms with Crippen LogP contribution >= 0.6 is 0 Å². The number of amides is 2. The number of halogens is 3. The van der Waals surface area contributed by atoms with E-state index in [2.05, 4.69) is 10.6 Å². The molecule has 0 radical (unpaired) electrons. The summed E-state index contributed by atoms with van der Waals surface area (Å²) in [6.07, 6.45) is 0.521. The van der Waals surface area contributed by atoms with Crippen molar-refractivity contribution < 1.29 is 18.0 Å². The highest BCUT2D eigenvalue weighted by atomic mass is 19.4. The lowest BCUT2D eigenvalue weighted by Gasteiger charge is -2.28. The van der Waals surface area contributed by atoms with Crippen LogP contribution in [0.3, 0.4) is 0 Å². The number of hydrogen-bond donors (Lipinski definition) is 2. The van der Waals surface area contributed by atoms with Crippen molar-refractivity contribution in [1.82, 2.24) is 5.32 Å². The van der Waals surface area contributed by atoms with Crippen LogP contribution in [0.1, 0.15) is 38.2 Å². The van der Waals surface area contributed by atoms with Crippen LogP contribution in [0.25, 0.3) is 0 Å². The Morgan fingerprint density at radius 1 is 1.26 bits per heavy atom. The number of carbonyl (C=O) groups excluding carboxylic acids is 1. The molecule has 126 valence electrons. The van der Waals surface area contributed by atoms with Gasteiger partial charge in [-0.25, -0.2) is 4.79 Å². The highest BCUT2D eigenvalue weighted by Crippen LogP contribution is 2.49. The Morgan fingerprint density at radius 3 is 2.65 bits per heavy atom. The monoisotopic (exact) mass is 326 g/mol. The fourth-order valence-corrected chi connectivity index (χ4v) is 4.16. The number of fused-ring (bicyclic) bond motifs is 2. The van der Waals surface area contributed by atoms with Crippen molar-refractivity contribution in [3.05, 3.63) is 29.8 Å². The maximum atomic E-state index is 12.7. The van der Waals surface area contributed by atoms with Gasteiger partial charge in [-0.05, 0) is 62.1 Å². The van der Waals surface area contributed by atoms with Crippen LogP contribution in [0.2, 0.25) is 0 Å². The maximum Gasteiger partial charge on any atom is 0.416 e. The minimum atomic E-state index is -4.41. The van der Waals surface area contributed by atoms with Crippen LogP contribution < -0.4 is 10.6 Å². The van der Waals surface area contributed by atoms with Crippen molar-refractivity contribution in [1.29, 1.82) is 0 Å². The van der Waals surface area contributed by atoms with E-state index in [1.54, 1.807) is 0 Å². The summed E-state index contributed by atoms with van der Waals surface area (Å²) in [5.74, 6) is 1.96. The third kappa shape index (κ3) is 3.62. The zero-order chi connectivity index (χ0) is 16.6. The molecule has 4 atom stereocenters. The number of nitrogens with one attached hydrogen (secondary N) is 2. The molecule has 2 N–H and O–H groups in total. The summed E-state index contributed by atoms with van der Waals surface area (Å²) in [5, 5.41) is 5.38. The molecular weight excluding hydrogens is 305 g/mol. The molecule has 0 aromatic heterocycles. The first-order valence-corrected chi connectivity index (χ1v) is 8.07. The standard InChI is InChI=1S/C17H21F3N2O/c1-10(15-8-11-5-6-12(15)7-11)21-16(23)22-14-4-2-3-13(9-14)17(18,19)20/h2-4,9-12,15H,5-8H2,1H3,(H2,21,22,23)/t10-,11-,12-,15+/m0/s1. The highest BCUT2D eigenvalue weighted by molar-refractivity contribution is 5.89. The van der Waals surface area contributed by atoms with Crippen LogP contribution in [-0.2, 0) is 6.18 Å². The Morgan fingerprint density at radius 2 is 2.04 bits per heavy atom. The molecule has 23 heavy (non-hydrogen) atoms. The summed E-state index contributed by atoms with van der Waals surface area (Å²) in [7, 11) is 0. The van der Waals surface area contributed by atoms with Gasteiger partial charge < -0.3 is 10.6 Å². The van der Waals surface area contributed by atoms with Gasteiger partial charge in [0.1, 0.15) is 0 Å². The minimum Gasteiger partial charge on any atom is -0.335 e. The molecule has 2 amide bonds. The van der Waals surface area contributed by atoms with E-state index >= 15 is 0 Å². The van der Waals surface area contributed by atoms with Gasteiger partial charge in [0.25, 0.3) is 0 Å². The minimum absolute atomic E-state index is 0.0381. The van der Waals surface area contributed by atoms with Gasteiger partial charge in [-0.1, -0.05) is 12.5 Å². The van der Waals surface area contributed by atoms with Crippen LogP contribution in [0.15, 0.2) is 24.3 Å². The lowest BCUT2D eigenvalue weighted by molar-refractivity contribution is -0.137. The lowest BCUT2D eigenvalue weighted by Crippen LogP contribution is -2.42. The van der Waals surface area contributed by atoms with E-state index in [-0.39, 0.29) is 11.7 Å². The maximum absolute atomic E-state index is 12.7. The topological polar surface area (TPSA) is 41.1 Å². The Labute approximate surface area is 133 Å². The number of urea groups is 1. The number of rotatable bonds is 3. The van der Waals surface area contributed by atoms with Crippen LogP contribution in [0.4, 0.5) is 23.7 Å². The molecule has 0 heterocycles. The summed E-state index contributed by atoms with van der Waals surface area (Å²) in [5.41, 5.74) is -0.617. The average molecular weight is 326 g/mol. The molecule has 0 saturated heterocycles. The number of benzene rings is 1. The molecule has 0 unspecified atom stereocenters. The second-order valence-electron chi connectivity index (χ2n) is 6.80. The normalized spacial score (nSPS) is 27.7.